The van der Waals surface area contributed by atoms with Crippen molar-refractivity contribution in [3.05, 3.63) is 36.4 Å². The predicted octanol–water partition coefficient (Wildman–Crippen LogP) is 0.523. The van der Waals surface area contributed by atoms with Crippen LogP contribution in [-0.2, 0) is 10.2 Å². The number of aromatic nitrogens is 4. The van der Waals surface area contributed by atoms with Gasteiger partial charge in [0.15, 0.2) is 5.41 Å². The van der Waals surface area contributed by atoms with E-state index in [1.807, 2.05) is 0 Å². The first kappa shape index (κ1) is 9.45. The van der Waals surface area contributed by atoms with E-state index in [1.54, 1.807) is 19.3 Å². The van der Waals surface area contributed by atoms with Crippen LogP contribution in [0.5, 0.6) is 0 Å². The molecule has 6 heteroatoms. The van der Waals surface area contributed by atoms with E-state index in [0.29, 0.717) is 11.6 Å². The van der Waals surface area contributed by atoms with Crippen molar-refractivity contribution >= 4 is 5.97 Å². The number of aliphatic carboxylic acids is 1. The van der Waals surface area contributed by atoms with Gasteiger partial charge >= 0.3 is 5.97 Å². The third-order valence-corrected chi connectivity index (χ3v) is 2.37. The highest BCUT2D eigenvalue weighted by molar-refractivity contribution is 5.82. The Kier molecular flexibility index (Phi) is 2.03. The van der Waals surface area contributed by atoms with Crippen LogP contribution in [0.3, 0.4) is 0 Å². The van der Waals surface area contributed by atoms with Crippen LogP contribution in [0.2, 0.25) is 0 Å². The number of carbonyl (C=O) groups is 1. The number of H-pyrrole nitrogens is 2. The number of hydrogen-bond donors (Lipinski definition) is 3. The molecule has 0 aliphatic heterocycles. The van der Waals surface area contributed by atoms with Gasteiger partial charge < -0.3 is 15.1 Å². The molecule has 2 aromatic rings. The lowest BCUT2D eigenvalue weighted by atomic mass is 9.89. The average molecular weight is 206 g/mol. The van der Waals surface area contributed by atoms with E-state index in [9.17, 15) is 9.90 Å². The van der Waals surface area contributed by atoms with Crippen molar-refractivity contribution in [1.29, 1.82) is 0 Å². The summed E-state index contributed by atoms with van der Waals surface area (Å²) in [4.78, 5) is 24.8. The van der Waals surface area contributed by atoms with Crippen molar-refractivity contribution in [2.75, 3.05) is 0 Å². The lowest BCUT2D eigenvalue weighted by molar-refractivity contribution is -0.142. The van der Waals surface area contributed by atoms with Crippen molar-refractivity contribution in [2.24, 2.45) is 0 Å². The summed E-state index contributed by atoms with van der Waals surface area (Å²) in [6.07, 6.45) is 6.19. The second kappa shape index (κ2) is 3.23. The van der Waals surface area contributed by atoms with Gasteiger partial charge in [0.1, 0.15) is 11.6 Å². The molecule has 0 aliphatic carbocycles. The summed E-state index contributed by atoms with van der Waals surface area (Å²) in [7, 11) is 0. The molecule has 15 heavy (non-hydrogen) atoms. The Morgan fingerprint density at radius 2 is 1.73 bits per heavy atom. The third kappa shape index (κ3) is 1.30. The fourth-order valence-corrected chi connectivity index (χ4v) is 1.39. The zero-order valence-electron chi connectivity index (χ0n) is 8.06. The Labute approximate surface area is 85.4 Å². The van der Waals surface area contributed by atoms with Gasteiger partial charge in [0.2, 0.25) is 0 Å². The molecule has 0 fully saturated rings. The second-order valence-electron chi connectivity index (χ2n) is 3.31. The number of rotatable bonds is 3. The van der Waals surface area contributed by atoms with Gasteiger partial charge in [0.05, 0.1) is 0 Å². The number of imidazole rings is 2. The second-order valence-corrected chi connectivity index (χ2v) is 3.31. The Morgan fingerprint density at radius 1 is 1.27 bits per heavy atom. The zero-order valence-corrected chi connectivity index (χ0v) is 8.06. The Hall–Kier alpha value is -2.11. The molecule has 0 amide bonds. The largest absolute Gasteiger partial charge is 0.480 e. The van der Waals surface area contributed by atoms with Crippen LogP contribution in [-0.4, -0.2) is 31.0 Å². The summed E-state index contributed by atoms with van der Waals surface area (Å²) >= 11 is 0. The summed E-state index contributed by atoms with van der Waals surface area (Å²) < 4.78 is 0. The van der Waals surface area contributed by atoms with Gasteiger partial charge in [-0.3, -0.25) is 4.79 Å². The van der Waals surface area contributed by atoms with E-state index in [0.717, 1.165) is 0 Å². The van der Waals surface area contributed by atoms with Crippen molar-refractivity contribution in [3.63, 3.8) is 0 Å². The van der Waals surface area contributed by atoms with Crippen molar-refractivity contribution in [1.82, 2.24) is 19.9 Å². The molecule has 0 aliphatic rings. The first-order valence-electron chi connectivity index (χ1n) is 4.39. The van der Waals surface area contributed by atoms with Gasteiger partial charge in [-0.25, -0.2) is 9.97 Å². The van der Waals surface area contributed by atoms with Gasteiger partial charge in [-0.1, -0.05) is 0 Å². The molecule has 0 aromatic carbocycles. The van der Waals surface area contributed by atoms with Crippen molar-refractivity contribution in [2.45, 2.75) is 12.3 Å². The first-order valence-corrected chi connectivity index (χ1v) is 4.39. The Bertz CT molecular complexity index is 412. The van der Waals surface area contributed by atoms with Crippen LogP contribution < -0.4 is 0 Å². The van der Waals surface area contributed by atoms with E-state index >= 15 is 0 Å². The molecule has 0 atom stereocenters. The lowest BCUT2D eigenvalue weighted by Gasteiger charge is -2.19. The molecule has 0 spiro atoms. The fraction of sp³-hybridized carbons (Fsp3) is 0.222. The molecule has 0 bridgehead atoms. The molecular formula is C9H10N4O2. The normalized spacial score (nSPS) is 11.5. The first-order chi connectivity index (χ1) is 7.15. The molecule has 6 nitrogen and oxygen atoms in total. The highest BCUT2D eigenvalue weighted by atomic mass is 16.4. The molecule has 2 aromatic heterocycles. The van der Waals surface area contributed by atoms with E-state index in [4.69, 9.17) is 0 Å². The molecule has 3 N–H and O–H groups in total. The molecule has 0 radical (unpaired) electrons. The summed E-state index contributed by atoms with van der Waals surface area (Å²) in [5, 5.41) is 9.26. The predicted molar refractivity (Wildman–Crippen MR) is 51.3 cm³/mol. The standard InChI is InChI=1S/C9H10N4O2/c1-9(8(14)15,6-10-2-3-11-6)7-12-4-5-13-7/h2-5H,1H3,(H,10,11)(H,12,13)(H,14,15). The topological polar surface area (TPSA) is 94.7 Å². The van der Waals surface area contributed by atoms with Crippen LogP contribution in [0, 0.1) is 0 Å². The number of hydrogen-bond acceptors (Lipinski definition) is 3. The minimum Gasteiger partial charge on any atom is -0.480 e. The molecule has 2 heterocycles. The average Bonchev–Trinajstić information content (AvgIpc) is 2.89. The molecule has 2 rings (SSSR count). The van der Waals surface area contributed by atoms with Gasteiger partial charge in [-0.2, -0.15) is 0 Å². The van der Waals surface area contributed by atoms with Crippen molar-refractivity contribution in [3.8, 4) is 0 Å². The SMILES string of the molecule is CC(C(=O)O)(c1ncc[nH]1)c1ncc[nH]1. The number of carboxylic acids is 1. The minimum atomic E-state index is -1.27. The van der Waals surface area contributed by atoms with E-state index in [-0.39, 0.29) is 0 Å². The highest BCUT2D eigenvalue weighted by Crippen LogP contribution is 2.26. The maximum absolute atomic E-state index is 11.3. The van der Waals surface area contributed by atoms with Crippen LogP contribution >= 0.6 is 0 Å². The molecular weight excluding hydrogens is 196 g/mol. The van der Waals surface area contributed by atoms with Crippen LogP contribution in [0.4, 0.5) is 0 Å². The minimum absolute atomic E-state index is 0.352. The lowest BCUT2D eigenvalue weighted by Crippen LogP contribution is -2.36. The van der Waals surface area contributed by atoms with E-state index in [2.05, 4.69) is 19.9 Å². The molecule has 0 saturated heterocycles. The van der Waals surface area contributed by atoms with Gasteiger partial charge in [-0.15, -0.1) is 0 Å². The maximum Gasteiger partial charge on any atom is 0.324 e. The fourth-order valence-electron chi connectivity index (χ4n) is 1.39. The number of nitrogens with zero attached hydrogens (tertiary/aromatic N) is 2. The number of aromatic amines is 2. The van der Waals surface area contributed by atoms with Crippen LogP contribution in [0.15, 0.2) is 24.8 Å². The number of nitrogens with one attached hydrogen (secondary N) is 2. The highest BCUT2D eigenvalue weighted by Gasteiger charge is 2.42. The summed E-state index contributed by atoms with van der Waals surface area (Å²) in [5.74, 6) is -0.303. The zero-order chi connectivity index (χ0) is 10.9. The smallest absolute Gasteiger partial charge is 0.324 e. The Morgan fingerprint density at radius 3 is 2.00 bits per heavy atom. The van der Waals surface area contributed by atoms with Gasteiger partial charge in [0.25, 0.3) is 0 Å². The van der Waals surface area contributed by atoms with E-state index in [1.165, 1.54) is 12.4 Å². The third-order valence-electron chi connectivity index (χ3n) is 2.37. The molecule has 0 saturated carbocycles. The van der Waals surface area contributed by atoms with Crippen molar-refractivity contribution < 1.29 is 9.90 Å². The molecule has 0 unspecified atom stereocenters. The summed E-state index contributed by atoms with van der Waals surface area (Å²) in [6.45, 7) is 1.55. The van der Waals surface area contributed by atoms with Gasteiger partial charge in [-0.05, 0) is 6.92 Å². The van der Waals surface area contributed by atoms with Gasteiger partial charge in [0, 0.05) is 24.8 Å². The maximum atomic E-state index is 11.3. The monoisotopic (exact) mass is 206 g/mol. The Balaban J connectivity index is 2.56. The molecule has 78 valence electrons. The van der Waals surface area contributed by atoms with E-state index < -0.39 is 11.4 Å². The quantitative estimate of drug-likeness (QED) is 0.682. The summed E-state index contributed by atoms with van der Waals surface area (Å²) in [6, 6.07) is 0. The van der Waals surface area contributed by atoms with Crippen LogP contribution in [0.25, 0.3) is 0 Å². The van der Waals surface area contributed by atoms with Crippen LogP contribution in [0.1, 0.15) is 18.6 Å². The number of carboxylic acid groups (broad SMARTS) is 1. The summed E-state index contributed by atoms with van der Waals surface area (Å²) in [5.41, 5.74) is -1.27.